The maximum atomic E-state index is 10.4. The molecule has 0 heterocycles. The van der Waals surface area contributed by atoms with Crippen LogP contribution in [0.2, 0.25) is 5.02 Å². The number of methoxy groups -OCH3 is 1. The second-order valence-electron chi connectivity index (χ2n) is 8.08. The molecule has 2 aromatic carbocycles. The molecule has 0 aromatic heterocycles. The molecule has 2 aromatic rings. The van der Waals surface area contributed by atoms with Crippen LogP contribution in [0.15, 0.2) is 48.5 Å². The molecule has 3 nitrogen and oxygen atoms in total. The lowest BCUT2D eigenvalue weighted by Gasteiger charge is -2.47. The lowest BCUT2D eigenvalue weighted by molar-refractivity contribution is 0.0381. The van der Waals surface area contributed by atoms with Gasteiger partial charge in [0.2, 0.25) is 0 Å². The van der Waals surface area contributed by atoms with Crippen molar-refractivity contribution < 1.29 is 9.84 Å². The summed E-state index contributed by atoms with van der Waals surface area (Å²) in [5, 5.41) is 11.2. The van der Waals surface area contributed by atoms with Crippen molar-refractivity contribution >= 4 is 11.6 Å². The van der Waals surface area contributed by atoms with E-state index in [0.29, 0.717) is 5.92 Å². The molecule has 3 rings (SSSR count). The van der Waals surface area contributed by atoms with Crippen molar-refractivity contribution in [2.24, 2.45) is 5.92 Å². The van der Waals surface area contributed by atoms with E-state index in [0.717, 1.165) is 43.0 Å². The number of aliphatic hydroxyl groups is 1. The number of halogens is 1. The molecule has 1 aliphatic carbocycles. The third-order valence-electron chi connectivity index (χ3n) is 5.90. The first kappa shape index (κ1) is 20.2. The minimum atomic E-state index is -0.229. The van der Waals surface area contributed by atoms with Gasteiger partial charge in [-0.1, -0.05) is 35.9 Å². The molecule has 146 valence electrons. The van der Waals surface area contributed by atoms with E-state index in [1.54, 1.807) is 7.11 Å². The third-order valence-corrected chi connectivity index (χ3v) is 6.14. The zero-order valence-corrected chi connectivity index (χ0v) is 17.2. The second kappa shape index (κ2) is 8.64. The molecule has 1 fully saturated rings. The van der Waals surface area contributed by atoms with Crippen LogP contribution in [0.4, 0.5) is 0 Å². The molecule has 3 unspecified atom stereocenters. The number of hydrogen-bond acceptors (Lipinski definition) is 3. The number of hydrogen-bond donors (Lipinski definition) is 1. The number of ether oxygens (including phenoxy) is 1. The minimum absolute atomic E-state index is 0.0548. The Balaban J connectivity index is 2.07. The van der Waals surface area contributed by atoms with E-state index in [1.807, 2.05) is 18.2 Å². The molecule has 3 atom stereocenters. The van der Waals surface area contributed by atoms with Crippen molar-refractivity contribution in [1.82, 2.24) is 4.90 Å². The van der Waals surface area contributed by atoms with Crippen molar-refractivity contribution in [3.8, 4) is 5.75 Å². The highest BCUT2D eigenvalue weighted by atomic mass is 35.5. The molecule has 1 N–H and O–H groups in total. The molecule has 0 radical (unpaired) electrons. The Kier molecular flexibility index (Phi) is 6.46. The number of benzene rings is 2. The highest BCUT2D eigenvalue weighted by molar-refractivity contribution is 6.30. The van der Waals surface area contributed by atoms with Crippen LogP contribution in [0.5, 0.6) is 5.75 Å². The van der Waals surface area contributed by atoms with Crippen LogP contribution in [0.1, 0.15) is 30.4 Å². The SMILES string of the molecule is COc1cccc(CC2(c3cccc(Cl)c3)CCC(O)CC2CN(C)C)c1. The zero-order valence-electron chi connectivity index (χ0n) is 16.5. The van der Waals surface area contributed by atoms with Crippen LogP contribution < -0.4 is 4.74 Å². The Labute approximate surface area is 167 Å². The summed E-state index contributed by atoms with van der Waals surface area (Å²) in [7, 11) is 5.92. The first-order valence-corrected chi connectivity index (χ1v) is 10.0. The highest BCUT2D eigenvalue weighted by Crippen LogP contribution is 2.47. The molecule has 27 heavy (non-hydrogen) atoms. The van der Waals surface area contributed by atoms with Gasteiger partial charge in [-0.15, -0.1) is 0 Å². The Morgan fingerprint density at radius 1 is 1.19 bits per heavy atom. The van der Waals surface area contributed by atoms with Crippen molar-refractivity contribution in [3.63, 3.8) is 0 Å². The summed E-state index contributed by atoms with van der Waals surface area (Å²) < 4.78 is 5.44. The van der Waals surface area contributed by atoms with Crippen molar-refractivity contribution in [3.05, 3.63) is 64.7 Å². The van der Waals surface area contributed by atoms with Crippen LogP contribution in [0.3, 0.4) is 0 Å². The van der Waals surface area contributed by atoms with Gasteiger partial charge in [-0.25, -0.2) is 0 Å². The average molecular weight is 388 g/mol. The van der Waals surface area contributed by atoms with Crippen molar-refractivity contribution in [2.45, 2.75) is 37.2 Å². The Hall–Kier alpha value is -1.55. The first-order chi connectivity index (χ1) is 12.9. The Bertz CT molecular complexity index is 762. The smallest absolute Gasteiger partial charge is 0.119 e. The minimum Gasteiger partial charge on any atom is -0.497 e. The molecule has 0 aliphatic heterocycles. The summed E-state index contributed by atoms with van der Waals surface area (Å²) >= 11 is 6.38. The van der Waals surface area contributed by atoms with Crippen molar-refractivity contribution in [2.75, 3.05) is 27.7 Å². The lowest BCUT2D eigenvalue weighted by atomic mass is 9.59. The van der Waals surface area contributed by atoms with Gasteiger partial charge >= 0.3 is 0 Å². The van der Waals surface area contributed by atoms with E-state index in [2.05, 4.69) is 49.3 Å². The average Bonchev–Trinajstić information content (AvgIpc) is 2.64. The lowest BCUT2D eigenvalue weighted by Crippen LogP contribution is -2.47. The van der Waals surface area contributed by atoms with E-state index in [-0.39, 0.29) is 11.5 Å². The number of rotatable bonds is 6. The summed E-state index contributed by atoms with van der Waals surface area (Å²) in [6.07, 6.45) is 3.27. The summed E-state index contributed by atoms with van der Waals surface area (Å²) in [6, 6.07) is 16.6. The molecule has 0 saturated heterocycles. The van der Waals surface area contributed by atoms with Gasteiger partial charge < -0.3 is 14.7 Å². The van der Waals surface area contributed by atoms with Gasteiger partial charge in [0.1, 0.15) is 5.75 Å². The molecule has 1 aliphatic rings. The predicted molar refractivity (Wildman–Crippen MR) is 112 cm³/mol. The fourth-order valence-electron chi connectivity index (χ4n) is 4.65. The van der Waals surface area contributed by atoms with Crippen LogP contribution in [0.25, 0.3) is 0 Å². The van der Waals surface area contributed by atoms with Gasteiger partial charge in [-0.3, -0.25) is 0 Å². The van der Waals surface area contributed by atoms with Gasteiger partial charge in [-0.05, 0) is 81.1 Å². The van der Waals surface area contributed by atoms with Crippen LogP contribution in [-0.2, 0) is 11.8 Å². The van der Waals surface area contributed by atoms with Gasteiger partial charge in [0.15, 0.2) is 0 Å². The maximum Gasteiger partial charge on any atom is 0.119 e. The molecular formula is C23H30ClNO2. The molecule has 0 amide bonds. The summed E-state index contributed by atoms with van der Waals surface area (Å²) in [5.41, 5.74) is 2.48. The summed E-state index contributed by atoms with van der Waals surface area (Å²) in [4.78, 5) is 2.23. The Morgan fingerprint density at radius 2 is 1.96 bits per heavy atom. The molecule has 4 heteroatoms. The van der Waals surface area contributed by atoms with Crippen LogP contribution in [0, 0.1) is 5.92 Å². The molecule has 0 bridgehead atoms. The Morgan fingerprint density at radius 3 is 2.67 bits per heavy atom. The van der Waals surface area contributed by atoms with Gasteiger partial charge in [0.05, 0.1) is 13.2 Å². The number of nitrogens with zero attached hydrogens (tertiary/aromatic N) is 1. The van der Waals surface area contributed by atoms with E-state index in [4.69, 9.17) is 16.3 Å². The van der Waals surface area contributed by atoms with E-state index < -0.39 is 0 Å². The standard InChI is InChI=1S/C23H30ClNO2/c1-25(2)16-19-14-21(26)10-11-23(19,18-7-5-8-20(24)13-18)15-17-6-4-9-22(12-17)27-3/h4-9,12-13,19,21,26H,10-11,14-16H2,1-3H3. The van der Waals surface area contributed by atoms with E-state index in [1.165, 1.54) is 11.1 Å². The fraction of sp³-hybridized carbons (Fsp3) is 0.478. The molecule has 0 spiro atoms. The zero-order chi connectivity index (χ0) is 19.4. The maximum absolute atomic E-state index is 10.4. The van der Waals surface area contributed by atoms with Gasteiger partial charge in [0.25, 0.3) is 0 Å². The highest BCUT2D eigenvalue weighted by Gasteiger charge is 2.44. The van der Waals surface area contributed by atoms with Crippen molar-refractivity contribution in [1.29, 1.82) is 0 Å². The number of aliphatic hydroxyl groups excluding tert-OH is 1. The van der Waals surface area contributed by atoms with Crippen LogP contribution in [-0.4, -0.2) is 43.9 Å². The van der Waals surface area contributed by atoms with Crippen LogP contribution >= 0.6 is 11.6 Å². The predicted octanol–water partition coefficient (Wildman–Crippen LogP) is 4.55. The van der Waals surface area contributed by atoms with E-state index in [9.17, 15) is 5.11 Å². The third kappa shape index (κ3) is 4.66. The largest absolute Gasteiger partial charge is 0.497 e. The quantitative estimate of drug-likeness (QED) is 0.789. The molecule has 1 saturated carbocycles. The fourth-order valence-corrected chi connectivity index (χ4v) is 4.84. The van der Waals surface area contributed by atoms with Gasteiger partial charge in [-0.2, -0.15) is 0 Å². The van der Waals surface area contributed by atoms with Gasteiger partial charge in [0, 0.05) is 17.0 Å². The normalized spacial score (nSPS) is 25.6. The first-order valence-electron chi connectivity index (χ1n) is 9.65. The second-order valence-corrected chi connectivity index (χ2v) is 8.52. The van der Waals surface area contributed by atoms with E-state index >= 15 is 0 Å². The topological polar surface area (TPSA) is 32.7 Å². The summed E-state index contributed by atoms with van der Waals surface area (Å²) in [6.45, 7) is 0.938. The molecular weight excluding hydrogens is 358 g/mol. The monoisotopic (exact) mass is 387 g/mol. The summed E-state index contributed by atoms with van der Waals surface area (Å²) in [5.74, 6) is 1.23.